The van der Waals surface area contributed by atoms with Gasteiger partial charge in [0, 0.05) is 8.99 Å². The summed E-state index contributed by atoms with van der Waals surface area (Å²) in [5, 5.41) is 0. The van der Waals surface area contributed by atoms with Crippen LogP contribution in [0.3, 0.4) is 0 Å². The standard InChI is InChI=1S/C4H9Cl/c1-4(2,3)5/h1-3H3/i1D3. The van der Waals surface area contributed by atoms with E-state index in [2.05, 4.69) is 0 Å². The molecule has 0 atom stereocenters. The Kier molecular flexibility index (Phi) is 0.430. The van der Waals surface area contributed by atoms with E-state index < -0.39 is 11.7 Å². The van der Waals surface area contributed by atoms with Crippen LogP contribution in [0.15, 0.2) is 0 Å². The molecule has 32 valence electrons. The summed E-state index contributed by atoms with van der Waals surface area (Å²) in [6, 6.07) is 0. The van der Waals surface area contributed by atoms with E-state index in [0.29, 0.717) is 0 Å². The molecule has 0 aromatic carbocycles. The van der Waals surface area contributed by atoms with Gasteiger partial charge in [-0.05, 0) is 20.7 Å². The van der Waals surface area contributed by atoms with E-state index in [1.165, 1.54) is 13.8 Å². The molecule has 0 fully saturated rings. The third-order valence-electron chi connectivity index (χ3n) is 0. The molecule has 0 amide bonds. The van der Waals surface area contributed by atoms with Gasteiger partial charge in [-0.15, -0.1) is 11.6 Å². The smallest absolute Gasteiger partial charge is 0.0362 e. The molecule has 1 heteroatoms. The fraction of sp³-hybridized carbons (Fsp3) is 1.00. The summed E-state index contributed by atoms with van der Waals surface area (Å²) in [7, 11) is 0. The summed E-state index contributed by atoms with van der Waals surface area (Å²) < 4.78 is 20.4. The molecule has 0 saturated carbocycles. The second-order valence-electron chi connectivity index (χ2n) is 1.47. The molecule has 0 spiro atoms. The quantitative estimate of drug-likeness (QED) is 0.404. The molecule has 0 rings (SSSR count). The molecule has 0 saturated heterocycles. The maximum atomic E-state index is 6.78. The van der Waals surface area contributed by atoms with E-state index in [1.807, 2.05) is 0 Å². The Bertz CT molecular complexity index is 66.3. The normalized spacial score (nSPS) is 23.4. The summed E-state index contributed by atoms with van der Waals surface area (Å²) in [5.41, 5.74) is 0. The first-order valence-electron chi connectivity index (χ1n) is 2.94. The van der Waals surface area contributed by atoms with Crippen molar-refractivity contribution in [1.82, 2.24) is 0 Å². The number of rotatable bonds is 0. The molecule has 0 heterocycles. The lowest BCUT2D eigenvalue weighted by molar-refractivity contribution is 0.788. The fourth-order valence-corrected chi connectivity index (χ4v) is 0. The van der Waals surface area contributed by atoms with Gasteiger partial charge in [0.1, 0.15) is 0 Å². The maximum absolute atomic E-state index is 6.78. The third kappa shape index (κ3) is 268. The molecule has 0 nitrogen and oxygen atoms in total. The Morgan fingerprint density at radius 1 is 1.80 bits per heavy atom. The van der Waals surface area contributed by atoms with Crippen molar-refractivity contribution in [2.24, 2.45) is 0 Å². The highest BCUT2D eigenvalue weighted by atomic mass is 35.5. The Morgan fingerprint density at radius 3 is 2.00 bits per heavy atom. The molecule has 0 radical (unpaired) electrons. The van der Waals surface area contributed by atoms with Gasteiger partial charge in [-0.25, -0.2) is 0 Å². The van der Waals surface area contributed by atoms with E-state index in [-0.39, 0.29) is 0 Å². The van der Waals surface area contributed by atoms with Crippen molar-refractivity contribution in [1.29, 1.82) is 0 Å². The van der Waals surface area contributed by atoms with E-state index in [1.54, 1.807) is 0 Å². The summed E-state index contributed by atoms with van der Waals surface area (Å²) in [4.78, 5) is -1.09. The number of hydrogen-bond donors (Lipinski definition) is 0. The Balaban J connectivity index is 4.02. The van der Waals surface area contributed by atoms with Crippen LogP contribution in [0.5, 0.6) is 0 Å². The van der Waals surface area contributed by atoms with Crippen molar-refractivity contribution in [2.45, 2.75) is 25.6 Å². The molecule has 0 aliphatic carbocycles. The van der Waals surface area contributed by atoms with E-state index in [4.69, 9.17) is 15.7 Å². The summed E-state index contributed by atoms with van der Waals surface area (Å²) in [5.74, 6) is 0. The van der Waals surface area contributed by atoms with Gasteiger partial charge < -0.3 is 0 Å². The molecular weight excluding hydrogens is 83.5 g/mol. The number of alkyl halides is 1. The second-order valence-corrected chi connectivity index (χ2v) is 2.42. The van der Waals surface area contributed by atoms with Gasteiger partial charge in [-0.2, -0.15) is 0 Å². The first kappa shape index (κ1) is 1.83. The van der Waals surface area contributed by atoms with E-state index in [0.717, 1.165) is 0 Å². The van der Waals surface area contributed by atoms with Crippen molar-refractivity contribution in [2.75, 3.05) is 0 Å². The van der Waals surface area contributed by atoms with Crippen molar-refractivity contribution in [3.63, 3.8) is 0 Å². The van der Waals surface area contributed by atoms with Crippen LogP contribution in [0.25, 0.3) is 0 Å². The van der Waals surface area contributed by atoms with Gasteiger partial charge in [0.2, 0.25) is 0 Å². The lowest BCUT2D eigenvalue weighted by atomic mass is 10.3. The minimum atomic E-state index is -2.05. The maximum Gasteiger partial charge on any atom is 0.0362 e. The third-order valence-corrected chi connectivity index (χ3v) is 0. The van der Waals surface area contributed by atoms with Gasteiger partial charge >= 0.3 is 0 Å². The van der Waals surface area contributed by atoms with Gasteiger partial charge in [0.15, 0.2) is 0 Å². The average molecular weight is 95.6 g/mol. The molecule has 0 aromatic rings. The predicted molar refractivity (Wildman–Crippen MR) is 25.6 cm³/mol. The van der Waals surface area contributed by atoms with Crippen molar-refractivity contribution >= 4 is 11.6 Å². The molecular formula is C4H9Cl. The van der Waals surface area contributed by atoms with Gasteiger partial charge in [0.25, 0.3) is 0 Å². The molecule has 0 aromatic heterocycles. The predicted octanol–water partition coefficient (Wildman–Crippen LogP) is 2.02. The highest BCUT2D eigenvalue weighted by Gasteiger charge is 1.99. The summed E-state index contributed by atoms with van der Waals surface area (Å²) in [6.07, 6.45) is 0. The SMILES string of the molecule is [2H]C([2H])([2H])C(C)(C)Cl. The number of hydrogen-bond acceptors (Lipinski definition) is 0. The molecule has 0 aliphatic heterocycles. The van der Waals surface area contributed by atoms with Crippen LogP contribution in [-0.4, -0.2) is 4.87 Å². The van der Waals surface area contributed by atoms with Crippen LogP contribution >= 0.6 is 11.6 Å². The average Bonchev–Trinajstić information content (AvgIpc) is 1.25. The van der Waals surface area contributed by atoms with Crippen molar-refractivity contribution in [3.8, 4) is 0 Å². The largest absolute Gasteiger partial charge is 0.120 e. The Hall–Kier alpha value is 0.290. The molecule has 0 unspecified atom stereocenters. The number of halogens is 1. The Labute approximate surface area is 42.4 Å². The minimum Gasteiger partial charge on any atom is -0.120 e. The monoisotopic (exact) mass is 95.1 g/mol. The Morgan fingerprint density at radius 2 is 2.00 bits per heavy atom. The molecule has 0 aliphatic rings. The van der Waals surface area contributed by atoms with Crippen LogP contribution in [-0.2, 0) is 0 Å². The van der Waals surface area contributed by atoms with Crippen molar-refractivity contribution in [3.05, 3.63) is 0 Å². The summed E-state index contributed by atoms with van der Waals surface area (Å²) in [6.45, 7) is 0.900. The topological polar surface area (TPSA) is 0 Å². The first-order chi connectivity index (χ1) is 3.25. The minimum absolute atomic E-state index is 1.09. The fourth-order valence-electron chi connectivity index (χ4n) is 0. The lowest BCUT2D eigenvalue weighted by Crippen LogP contribution is -1.99. The highest BCUT2D eigenvalue weighted by molar-refractivity contribution is 6.23. The van der Waals surface area contributed by atoms with E-state index >= 15 is 0 Å². The summed E-state index contributed by atoms with van der Waals surface area (Å²) >= 11 is 5.45. The van der Waals surface area contributed by atoms with Crippen LogP contribution in [0.2, 0.25) is 0 Å². The van der Waals surface area contributed by atoms with Crippen LogP contribution in [0.4, 0.5) is 0 Å². The van der Waals surface area contributed by atoms with Crippen LogP contribution in [0.1, 0.15) is 24.8 Å². The van der Waals surface area contributed by atoms with Crippen molar-refractivity contribution < 1.29 is 4.11 Å². The van der Waals surface area contributed by atoms with Gasteiger partial charge in [0.05, 0.1) is 0 Å². The van der Waals surface area contributed by atoms with Gasteiger partial charge in [-0.1, -0.05) is 0 Å². The van der Waals surface area contributed by atoms with Crippen LogP contribution < -0.4 is 0 Å². The zero-order valence-electron chi connectivity index (χ0n) is 6.38. The zero-order valence-corrected chi connectivity index (χ0v) is 4.13. The van der Waals surface area contributed by atoms with Crippen LogP contribution in [0, 0.1) is 0 Å². The first-order valence-corrected chi connectivity index (χ1v) is 1.82. The lowest BCUT2D eigenvalue weighted by Gasteiger charge is -2.01. The zero-order chi connectivity index (χ0) is 7.00. The molecule has 0 N–H and O–H groups in total. The highest BCUT2D eigenvalue weighted by Crippen LogP contribution is 2.07. The van der Waals surface area contributed by atoms with E-state index in [9.17, 15) is 0 Å². The molecule has 0 bridgehead atoms. The molecule has 5 heavy (non-hydrogen) atoms. The second kappa shape index (κ2) is 1.17. The van der Waals surface area contributed by atoms with Gasteiger partial charge in [-0.3, -0.25) is 0 Å².